The van der Waals surface area contributed by atoms with Crippen molar-refractivity contribution in [2.75, 3.05) is 0 Å². The third-order valence-electron chi connectivity index (χ3n) is 1.61. The van der Waals surface area contributed by atoms with Gasteiger partial charge in [-0.1, -0.05) is 20.8 Å². The molecule has 0 aromatic rings. The zero-order valence-electron chi connectivity index (χ0n) is 7.55. The quantitative estimate of drug-likeness (QED) is 0.576. The Morgan fingerprint density at radius 3 is 1.80 bits per heavy atom. The molecule has 1 radical (unpaired) electrons. The van der Waals surface area contributed by atoms with Crippen LogP contribution in [0.1, 0.15) is 40.5 Å². The first-order valence-electron chi connectivity index (χ1n) is 4.18. The second kappa shape index (κ2) is 4.73. The lowest BCUT2D eigenvalue weighted by Crippen LogP contribution is -2.07. The molecule has 0 fully saturated rings. The van der Waals surface area contributed by atoms with Gasteiger partial charge >= 0.3 is 0 Å². The predicted molar refractivity (Wildman–Crippen MR) is 43.4 cm³/mol. The van der Waals surface area contributed by atoms with Crippen molar-refractivity contribution in [1.82, 2.24) is 0 Å². The van der Waals surface area contributed by atoms with E-state index in [0.717, 1.165) is 12.3 Å². The Balaban J connectivity index is 3.34. The van der Waals surface area contributed by atoms with Crippen LogP contribution >= 0.6 is 0 Å². The molecule has 0 aliphatic carbocycles. The molecule has 0 bridgehead atoms. The van der Waals surface area contributed by atoms with Crippen LogP contribution in [0.5, 0.6) is 0 Å². The minimum absolute atomic E-state index is 0.381. The molecule has 0 aliphatic rings. The van der Waals surface area contributed by atoms with Crippen molar-refractivity contribution in [1.29, 1.82) is 0 Å². The van der Waals surface area contributed by atoms with E-state index >= 15 is 0 Å². The molecule has 0 aromatic carbocycles. The maximum Gasteiger partial charge on any atom is 0.0904 e. The normalized spacial score (nSPS) is 17.4. The molecule has 0 rings (SSSR count). The monoisotopic (exact) mass is 143 g/mol. The minimum atomic E-state index is -0.381. The standard InChI is InChI=1S/C9H19O/c1-7(2)5-8(3)6-9(4)10/h7-9H,5-6H2,1-4H3. The van der Waals surface area contributed by atoms with Crippen molar-refractivity contribution in [3.8, 4) is 0 Å². The first kappa shape index (κ1) is 9.96. The molecule has 0 aliphatic heterocycles. The van der Waals surface area contributed by atoms with E-state index in [0.29, 0.717) is 5.92 Å². The highest BCUT2D eigenvalue weighted by Crippen LogP contribution is 2.15. The fraction of sp³-hybridized carbons (Fsp3) is 1.00. The van der Waals surface area contributed by atoms with Crippen molar-refractivity contribution in [3.05, 3.63) is 0 Å². The van der Waals surface area contributed by atoms with Crippen molar-refractivity contribution in [2.45, 2.75) is 46.6 Å². The van der Waals surface area contributed by atoms with Gasteiger partial charge in [0.25, 0.3) is 0 Å². The fourth-order valence-corrected chi connectivity index (χ4v) is 1.47. The third-order valence-corrected chi connectivity index (χ3v) is 1.61. The molecule has 0 spiro atoms. The fourth-order valence-electron chi connectivity index (χ4n) is 1.47. The molecule has 1 heteroatoms. The molecular weight excluding hydrogens is 124 g/mol. The third kappa shape index (κ3) is 6.09. The Bertz CT molecular complexity index is 66.8. The molecule has 0 N–H and O–H groups in total. The smallest absolute Gasteiger partial charge is 0.0904 e. The number of hydrogen-bond acceptors (Lipinski definition) is 0. The molecule has 0 saturated carbocycles. The number of rotatable bonds is 4. The SMILES string of the molecule is CC(C)CC(C)CC(C)[O]. The summed E-state index contributed by atoms with van der Waals surface area (Å²) in [4.78, 5) is 0. The van der Waals surface area contributed by atoms with Gasteiger partial charge in [-0.25, -0.2) is 5.11 Å². The second-order valence-electron chi connectivity index (χ2n) is 3.78. The van der Waals surface area contributed by atoms with E-state index in [9.17, 15) is 5.11 Å². The van der Waals surface area contributed by atoms with Crippen LogP contribution in [0.15, 0.2) is 0 Å². The Kier molecular flexibility index (Phi) is 4.71. The van der Waals surface area contributed by atoms with Crippen molar-refractivity contribution >= 4 is 0 Å². The average Bonchev–Trinajstić information content (AvgIpc) is 1.58. The summed E-state index contributed by atoms with van der Waals surface area (Å²) in [6.45, 7) is 8.31. The van der Waals surface area contributed by atoms with Gasteiger partial charge in [0.05, 0.1) is 6.10 Å². The van der Waals surface area contributed by atoms with E-state index < -0.39 is 0 Å². The molecule has 1 nitrogen and oxygen atoms in total. The molecule has 0 saturated heterocycles. The van der Waals surface area contributed by atoms with Crippen LogP contribution in [0.25, 0.3) is 0 Å². The van der Waals surface area contributed by atoms with E-state index in [1.807, 2.05) is 0 Å². The van der Waals surface area contributed by atoms with E-state index in [1.165, 1.54) is 6.42 Å². The maximum atomic E-state index is 10.7. The summed E-state index contributed by atoms with van der Waals surface area (Å²) >= 11 is 0. The van der Waals surface area contributed by atoms with Crippen LogP contribution in [0, 0.1) is 11.8 Å². The molecule has 2 atom stereocenters. The van der Waals surface area contributed by atoms with Crippen LogP contribution < -0.4 is 0 Å². The molecule has 2 unspecified atom stereocenters. The minimum Gasteiger partial charge on any atom is -0.233 e. The van der Waals surface area contributed by atoms with Gasteiger partial charge in [0, 0.05) is 0 Å². The molecular formula is C9H19O. The first-order chi connectivity index (χ1) is 4.52. The molecule has 0 amide bonds. The Labute approximate surface area is 64.5 Å². The molecule has 0 aromatic heterocycles. The summed E-state index contributed by atoms with van der Waals surface area (Å²) in [6, 6.07) is 0. The molecule has 0 heterocycles. The lowest BCUT2D eigenvalue weighted by Gasteiger charge is -2.13. The zero-order chi connectivity index (χ0) is 8.15. The maximum absolute atomic E-state index is 10.7. The van der Waals surface area contributed by atoms with Crippen LogP contribution in [0.4, 0.5) is 0 Å². The topological polar surface area (TPSA) is 19.9 Å². The van der Waals surface area contributed by atoms with Gasteiger partial charge in [-0.15, -0.1) is 0 Å². The molecule has 10 heavy (non-hydrogen) atoms. The van der Waals surface area contributed by atoms with Gasteiger partial charge < -0.3 is 0 Å². The van der Waals surface area contributed by atoms with Crippen molar-refractivity contribution in [2.24, 2.45) is 11.8 Å². The summed E-state index contributed by atoms with van der Waals surface area (Å²) in [6.07, 6.45) is 1.64. The highest BCUT2D eigenvalue weighted by molar-refractivity contribution is 4.58. The van der Waals surface area contributed by atoms with Gasteiger partial charge in [-0.05, 0) is 31.6 Å². The zero-order valence-corrected chi connectivity index (χ0v) is 7.55. The van der Waals surface area contributed by atoms with Gasteiger partial charge in [-0.3, -0.25) is 0 Å². The summed E-state index contributed by atoms with van der Waals surface area (Å²) in [5, 5.41) is 10.7. The van der Waals surface area contributed by atoms with E-state index in [-0.39, 0.29) is 6.10 Å². The summed E-state index contributed by atoms with van der Waals surface area (Å²) < 4.78 is 0. The van der Waals surface area contributed by atoms with Crippen LogP contribution in [-0.4, -0.2) is 6.10 Å². The van der Waals surface area contributed by atoms with Crippen molar-refractivity contribution in [3.63, 3.8) is 0 Å². The largest absolute Gasteiger partial charge is 0.233 e. The van der Waals surface area contributed by atoms with Gasteiger partial charge in [0.2, 0.25) is 0 Å². The van der Waals surface area contributed by atoms with Gasteiger partial charge in [-0.2, -0.15) is 0 Å². The highest BCUT2D eigenvalue weighted by Gasteiger charge is 2.08. The summed E-state index contributed by atoms with van der Waals surface area (Å²) in [7, 11) is 0. The Hall–Kier alpha value is -0.0400. The van der Waals surface area contributed by atoms with Gasteiger partial charge in [0.15, 0.2) is 0 Å². The van der Waals surface area contributed by atoms with Crippen LogP contribution in [-0.2, 0) is 5.11 Å². The second-order valence-corrected chi connectivity index (χ2v) is 3.78. The lowest BCUT2D eigenvalue weighted by atomic mass is 9.94. The molecule has 61 valence electrons. The summed E-state index contributed by atoms with van der Waals surface area (Å²) in [5.41, 5.74) is 0. The van der Waals surface area contributed by atoms with Crippen LogP contribution in [0.3, 0.4) is 0 Å². The average molecular weight is 143 g/mol. The van der Waals surface area contributed by atoms with Crippen LogP contribution in [0.2, 0.25) is 0 Å². The first-order valence-corrected chi connectivity index (χ1v) is 4.18. The van der Waals surface area contributed by atoms with Gasteiger partial charge in [0.1, 0.15) is 0 Å². The van der Waals surface area contributed by atoms with E-state index in [4.69, 9.17) is 0 Å². The van der Waals surface area contributed by atoms with E-state index in [1.54, 1.807) is 6.92 Å². The Morgan fingerprint density at radius 1 is 1.00 bits per heavy atom. The number of hydrogen-bond donors (Lipinski definition) is 0. The van der Waals surface area contributed by atoms with E-state index in [2.05, 4.69) is 20.8 Å². The Morgan fingerprint density at radius 2 is 1.50 bits per heavy atom. The predicted octanol–water partition coefficient (Wildman–Crippen LogP) is 2.88. The summed E-state index contributed by atoms with van der Waals surface area (Å²) in [5.74, 6) is 1.33. The highest BCUT2D eigenvalue weighted by atomic mass is 16.3. The lowest BCUT2D eigenvalue weighted by molar-refractivity contribution is 0.0809. The van der Waals surface area contributed by atoms with Crippen molar-refractivity contribution < 1.29 is 5.11 Å².